The van der Waals surface area contributed by atoms with Crippen LogP contribution in [0.4, 0.5) is 0 Å². The van der Waals surface area contributed by atoms with Gasteiger partial charge in [0.15, 0.2) is 9.76 Å². The summed E-state index contributed by atoms with van der Waals surface area (Å²) in [6.07, 6.45) is 1.52. The summed E-state index contributed by atoms with van der Waals surface area (Å²) in [4.78, 5) is 10.6. The second-order valence-electron chi connectivity index (χ2n) is 2.44. The molecule has 12 heavy (non-hydrogen) atoms. The summed E-state index contributed by atoms with van der Waals surface area (Å²) < 4.78 is 5.16. The largest absolute Gasteiger partial charge is 0.478 e. The Morgan fingerprint density at radius 3 is 2.67 bits per heavy atom. The molecule has 0 fully saturated rings. The van der Waals surface area contributed by atoms with E-state index < -0.39 is 15.7 Å². The average Bonchev–Trinajstić information content (AvgIpc) is 2.03. The Hall–Kier alpha value is -0.613. The van der Waals surface area contributed by atoms with Gasteiger partial charge in [0.2, 0.25) is 0 Å². The SMILES string of the molecule is CCCC(=C[SiH2]OCC)C(=O)O. The van der Waals surface area contributed by atoms with Gasteiger partial charge in [-0.15, -0.1) is 0 Å². The second-order valence-corrected chi connectivity index (χ2v) is 3.59. The summed E-state index contributed by atoms with van der Waals surface area (Å²) in [5, 5.41) is 8.70. The fraction of sp³-hybridized carbons (Fsp3) is 0.625. The van der Waals surface area contributed by atoms with Crippen LogP contribution in [0.3, 0.4) is 0 Å². The maximum atomic E-state index is 10.6. The Morgan fingerprint density at radius 2 is 2.25 bits per heavy atom. The third kappa shape index (κ3) is 5.09. The molecule has 0 unspecified atom stereocenters. The number of hydrogen-bond donors (Lipinski definition) is 1. The van der Waals surface area contributed by atoms with E-state index in [0.29, 0.717) is 18.6 Å². The van der Waals surface area contributed by atoms with Gasteiger partial charge in [0.1, 0.15) is 0 Å². The van der Waals surface area contributed by atoms with E-state index in [9.17, 15) is 4.79 Å². The van der Waals surface area contributed by atoms with Gasteiger partial charge in [0, 0.05) is 12.2 Å². The summed E-state index contributed by atoms with van der Waals surface area (Å²) in [7, 11) is -0.742. The molecule has 0 aliphatic carbocycles. The highest BCUT2D eigenvalue weighted by Crippen LogP contribution is 2.03. The van der Waals surface area contributed by atoms with Gasteiger partial charge in [0.25, 0.3) is 0 Å². The van der Waals surface area contributed by atoms with Gasteiger partial charge in [-0.25, -0.2) is 4.79 Å². The number of aliphatic carboxylic acids is 1. The summed E-state index contributed by atoms with van der Waals surface area (Å²) in [5.74, 6) is -0.802. The lowest BCUT2D eigenvalue weighted by molar-refractivity contribution is -0.132. The molecule has 0 aliphatic rings. The van der Waals surface area contributed by atoms with Crippen LogP contribution < -0.4 is 0 Å². The van der Waals surface area contributed by atoms with Crippen molar-refractivity contribution in [2.75, 3.05) is 6.61 Å². The molecule has 0 amide bonds. The number of carboxylic acid groups (broad SMARTS) is 1. The standard InChI is InChI=1S/C8H16O3Si/c1-3-5-7(8(9)10)6-12-11-4-2/h6H,3-5,12H2,1-2H3,(H,9,10). The van der Waals surface area contributed by atoms with Gasteiger partial charge in [-0.1, -0.05) is 19.0 Å². The molecule has 0 aliphatic heterocycles. The lowest BCUT2D eigenvalue weighted by atomic mass is 10.2. The monoisotopic (exact) mass is 188 g/mol. The molecular formula is C8H16O3Si. The highest BCUT2D eigenvalue weighted by atomic mass is 28.2. The van der Waals surface area contributed by atoms with Crippen molar-refractivity contribution in [1.82, 2.24) is 0 Å². The maximum Gasteiger partial charge on any atom is 0.330 e. The Labute approximate surface area is 75.4 Å². The first-order valence-corrected chi connectivity index (χ1v) is 5.61. The molecule has 70 valence electrons. The number of carbonyl (C=O) groups is 1. The molecule has 0 rings (SSSR count). The topological polar surface area (TPSA) is 46.5 Å². The molecule has 0 aromatic heterocycles. The van der Waals surface area contributed by atoms with E-state index in [1.807, 2.05) is 13.8 Å². The van der Waals surface area contributed by atoms with Crippen molar-refractivity contribution >= 4 is 15.7 Å². The van der Waals surface area contributed by atoms with Gasteiger partial charge in [0.05, 0.1) is 0 Å². The van der Waals surface area contributed by atoms with Crippen molar-refractivity contribution in [1.29, 1.82) is 0 Å². The highest BCUT2D eigenvalue weighted by molar-refractivity contribution is 6.35. The molecule has 0 aromatic rings. The van der Waals surface area contributed by atoms with Gasteiger partial charge < -0.3 is 9.53 Å². The van der Waals surface area contributed by atoms with Crippen LogP contribution in [0.25, 0.3) is 0 Å². The Morgan fingerprint density at radius 1 is 1.58 bits per heavy atom. The number of carboxylic acids is 1. The Bertz CT molecular complexity index is 166. The number of rotatable bonds is 6. The smallest absolute Gasteiger partial charge is 0.330 e. The predicted octanol–water partition coefficient (Wildman–Crippen LogP) is 0.875. The first-order valence-electron chi connectivity index (χ1n) is 4.22. The van der Waals surface area contributed by atoms with Crippen molar-refractivity contribution in [2.24, 2.45) is 0 Å². The molecule has 0 radical (unpaired) electrons. The van der Waals surface area contributed by atoms with Crippen LogP contribution in [0.5, 0.6) is 0 Å². The Balaban J connectivity index is 3.90. The van der Waals surface area contributed by atoms with Crippen molar-refractivity contribution in [3.8, 4) is 0 Å². The fourth-order valence-corrected chi connectivity index (χ4v) is 1.78. The van der Waals surface area contributed by atoms with E-state index in [1.54, 1.807) is 5.70 Å². The zero-order chi connectivity index (χ0) is 9.40. The van der Waals surface area contributed by atoms with Crippen molar-refractivity contribution in [3.63, 3.8) is 0 Å². The highest BCUT2D eigenvalue weighted by Gasteiger charge is 2.04. The molecule has 4 heteroatoms. The van der Waals surface area contributed by atoms with Gasteiger partial charge >= 0.3 is 5.97 Å². The van der Waals surface area contributed by atoms with Crippen LogP contribution in [-0.4, -0.2) is 27.4 Å². The van der Waals surface area contributed by atoms with E-state index in [2.05, 4.69) is 0 Å². The van der Waals surface area contributed by atoms with Crippen LogP contribution in [0, 0.1) is 0 Å². The van der Waals surface area contributed by atoms with Crippen LogP contribution in [0.1, 0.15) is 26.7 Å². The molecule has 0 heterocycles. The molecule has 0 saturated carbocycles. The summed E-state index contributed by atoms with van der Waals surface area (Å²) >= 11 is 0. The lowest BCUT2D eigenvalue weighted by Gasteiger charge is -1.99. The molecule has 0 aromatic carbocycles. The van der Waals surface area contributed by atoms with E-state index in [-0.39, 0.29) is 0 Å². The average molecular weight is 188 g/mol. The molecule has 0 spiro atoms. The van der Waals surface area contributed by atoms with Gasteiger partial charge in [-0.2, -0.15) is 0 Å². The summed E-state index contributed by atoms with van der Waals surface area (Å²) in [6.45, 7) is 4.57. The lowest BCUT2D eigenvalue weighted by Crippen LogP contribution is -2.04. The summed E-state index contributed by atoms with van der Waals surface area (Å²) in [6, 6.07) is 0. The van der Waals surface area contributed by atoms with Crippen molar-refractivity contribution < 1.29 is 14.3 Å². The van der Waals surface area contributed by atoms with Crippen LogP contribution in [0.2, 0.25) is 0 Å². The first kappa shape index (κ1) is 11.4. The van der Waals surface area contributed by atoms with Crippen LogP contribution in [0.15, 0.2) is 11.3 Å². The van der Waals surface area contributed by atoms with Gasteiger partial charge in [-0.05, 0) is 13.3 Å². The molecule has 3 nitrogen and oxygen atoms in total. The minimum absolute atomic E-state index is 0.512. The number of hydrogen-bond acceptors (Lipinski definition) is 2. The quantitative estimate of drug-likeness (QED) is 0.382. The second kappa shape index (κ2) is 7.06. The first-order chi connectivity index (χ1) is 5.72. The molecular weight excluding hydrogens is 172 g/mol. The molecule has 1 N–H and O–H groups in total. The molecule has 0 bridgehead atoms. The van der Waals surface area contributed by atoms with Crippen LogP contribution >= 0.6 is 0 Å². The summed E-state index contributed by atoms with van der Waals surface area (Å²) in [5.41, 5.74) is 2.28. The zero-order valence-electron chi connectivity index (χ0n) is 7.67. The zero-order valence-corrected chi connectivity index (χ0v) is 9.08. The predicted molar refractivity (Wildman–Crippen MR) is 50.8 cm³/mol. The minimum Gasteiger partial charge on any atom is -0.478 e. The van der Waals surface area contributed by atoms with E-state index in [0.717, 1.165) is 6.42 Å². The Kier molecular flexibility index (Phi) is 6.70. The molecule has 0 atom stereocenters. The van der Waals surface area contributed by atoms with Gasteiger partial charge in [-0.3, -0.25) is 0 Å². The molecule has 0 saturated heterocycles. The van der Waals surface area contributed by atoms with E-state index >= 15 is 0 Å². The third-order valence-corrected chi connectivity index (χ3v) is 2.75. The van der Waals surface area contributed by atoms with Crippen molar-refractivity contribution in [2.45, 2.75) is 26.7 Å². The minimum atomic E-state index is -0.802. The maximum absolute atomic E-state index is 10.6. The van der Waals surface area contributed by atoms with E-state index in [1.165, 1.54) is 0 Å². The third-order valence-electron chi connectivity index (χ3n) is 1.45. The normalized spacial score (nSPS) is 12.7. The van der Waals surface area contributed by atoms with E-state index in [4.69, 9.17) is 9.53 Å². The van der Waals surface area contributed by atoms with Crippen LogP contribution in [-0.2, 0) is 9.22 Å². The fourth-order valence-electron chi connectivity index (χ4n) is 0.843. The van der Waals surface area contributed by atoms with Crippen molar-refractivity contribution in [3.05, 3.63) is 11.3 Å².